The summed E-state index contributed by atoms with van der Waals surface area (Å²) in [5.41, 5.74) is 0.540. The maximum atomic E-state index is 12.2. The molecule has 0 aliphatic carbocycles. The highest BCUT2D eigenvalue weighted by Crippen LogP contribution is 2.25. The number of hydrogen-bond donors (Lipinski definition) is 1. The van der Waals surface area contributed by atoms with Gasteiger partial charge in [0.05, 0.1) is 32.0 Å². The molecule has 1 atom stereocenters. The standard InChI is InChI=1S/C22H33N3O5/c26-21(25-9-13-29-14-10-25)16-30-20-3-1-19(2-4-20)15-24-6-5-22(27,18-24)17-23-7-11-28-12-8-23/h1-4,27H,5-18H2/t22-/m0/s1. The SMILES string of the molecule is O=C(COc1ccc(CN2CC[C@](O)(CN3CCOCC3)C2)cc1)N1CCOCC1. The number of likely N-dealkylation sites (tertiary alicyclic amines) is 1. The van der Waals surface area contributed by atoms with Gasteiger partial charge in [-0.3, -0.25) is 14.6 Å². The Bertz CT molecular complexity index is 689. The Kier molecular flexibility index (Phi) is 7.22. The fraction of sp³-hybridized carbons (Fsp3) is 0.682. The maximum Gasteiger partial charge on any atom is 0.260 e. The fourth-order valence-electron chi connectivity index (χ4n) is 4.38. The van der Waals surface area contributed by atoms with E-state index in [2.05, 4.69) is 9.80 Å². The first-order valence-electron chi connectivity index (χ1n) is 10.9. The first-order chi connectivity index (χ1) is 14.6. The molecular weight excluding hydrogens is 386 g/mol. The molecular formula is C22H33N3O5. The molecule has 1 N–H and O–H groups in total. The lowest BCUT2D eigenvalue weighted by Crippen LogP contribution is -2.48. The average Bonchev–Trinajstić information content (AvgIpc) is 3.14. The van der Waals surface area contributed by atoms with Crippen LogP contribution in [0, 0.1) is 0 Å². The van der Waals surface area contributed by atoms with Crippen molar-refractivity contribution in [1.82, 2.24) is 14.7 Å². The van der Waals surface area contributed by atoms with Crippen LogP contribution >= 0.6 is 0 Å². The summed E-state index contributed by atoms with van der Waals surface area (Å²) in [5, 5.41) is 11.0. The molecule has 1 aromatic rings. The molecule has 8 nitrogen and oxygen atoms in total. The predicted octanol–water partition coefficient (Wildman–Crippen LogP) is 0.193. The van der Waals surface area contributed by atoms with E-state index in [0.717, 1.165) is 52.4 Å². The van der Waals surface area contributed by atoms with Crippen molar-refractivity contribution in [1.29, 1.82) is 0 Å². The third kappa shape index (κ3) is 5.92. The lowest BCUT2D eigenvalue weighted by Gasteiger charge is -2.33. The average molecular weight is 420 g/mol. The summed E-state index contributed by atoms with van der Waals surface area (Å²) in [6.07, 6.45) is 0.801. The molecule has 0 radical (unpaired) electrons. The zero-order valence-electron chi connectivity index (χ0n) is 17.6. The smallest absolute Gasteiger partial charge is 0.260 e. The number of benzene rings is 1. The molecule has 3 fully saturated rings. The zero-order valence-corrected chi connectivity index (χ0v) is 17.6. The van der Waals surface area contributed by atoms with Crippen molar-refractivity contribution in [2.24, 2.45) is 0 Å². The van der Waals surface area contributed by atoms with Crippen LogP contribution in [0.15, 0.2) is 24.3 Å². The largest absolute Gasteiger partial charge is 0.484 e. The van der Waals surface area contributed by atoms with E-state index in [1.54, 1.807) is 4.90 Å². The summed E-state index contributed by atoms with van der Waals surface area (Å²) in [6.45, 7) is 8.94. The highest BCUT2D eigenvalue weighted by atomic mass is 16.5. The molecule has 0 aromatic heterocycles. The van der Waals surface area contributed by atoms with Crippen molar-refractivity contribution < 1.29 is 24.1 Å². The third-order valence-electron chi connectivity index (χ3n) is 6.09. The van der Waals surface area contributed by atoms with Crippen LogP contribution in [-0.2, 0) is 20.8 Å². The summed E-state index contributed by atoms with van der Waals surface area (Å²) in [7, 11) is 0. The Morgan fingerprint density at radius 1 is 0.967 bits per heavy atom. The summed E-state index contributed by atoms with van der Waals surface area (Å²) < 4.78 is 16.3. The molecule has 1 amide bonds. The molecule has 30 heavy (non-hydrogen) atoms. The predicted molar refractivity (Wildman–Crippen MR) is 111 cm³/mol. The Hall–Kier alpha value is -1.71. The van der Waals surface area contributed by atoms with E-state index in [-0.39, 0.29) is 12.5 Å². The molecule has 0 bridgehead atoms. The molecule has 0 spiro atoms. The monoisotopic (exact) mass is 419 g/mol. The van der Waals surface area contributed by atoms with Gasteiger partial charge >= 0.3 is 0 Å². The van der Waals surface area contributed by atoms with Crippen LogP contribution in [0.25, 0.3) is 0 Å². The molecule has 0 saturated carbocycles. The van der Waals surface area contributed by atoms with E-state index in [9.17, 15) is 9.90 Å². The zero-order chi connectivity index (χ0) is 20.8. The minimum atomic E-state index is -0.639. The van der Waals surface area contributed by atoms with Crippen molar-refractivity contribution in [2.75, 3.05) is 78.8 Å². The van der Waals surface area contributed by atoms with Crippen LogP contribution in [0.5, 0.6) is 5.75 Å². The van der Waals surface area contributed by atoms with Gasteiger partial charge in [0.25, 0.3) is 5.91 Å². The maximum absolute atomic E-state index is 12.2. The van der Waals surface area contributed by atoms with Gasteiger partial charge in [-0.05, 0) is 24.1 Å². The lowest BCUT2D eigenvalue weighted by atomic mass is 10.0. The second-order valence-electron chi connectivity index (χ2n) is 8.50. The van der Waals surface area contributed by atoms with E-state index in [0.29, 0.717) is 38.6 Å². The van der Waals surface area contributed by atoms with Crippen LogP contribution in [-0.4, -0.2) is 110 Å². The number of morpholine rings is 2. The molecule has 4 rings (SSSR count). The number of carbonyl (C=O) groups is 1. The van der Waals surface area contributed by atoms with Crippen LogP contribution in [0.3, 0.4) is 0 Å². The molecule has 3 heterocycles. The van der Waals surface area contributed by atoms with Gasteiger partial charge in [0.15, 0.2) is 6.61 Å². The minimum absolute atomic E-state index is 0.000929. The molecule has 0 unspecified atom stereocenters. The molecule has 1 aromatic carbocycles. The first kappa shape index (κ1) is 21.5. The number of β-amino-alcohol motifs (C(OH)–C–C–N with tert-alkyl or cyclic N) is 1. The summed E-state index contributed by atoms with van der Waals surface area (Å²) in [5.74, 6) is 0.699. The van der Waals surface area contributed by atoms with Gasteiger partial charge in [0, 0.05) is 52.4 Å². The number of amides is 1. The topological polar surface area (TPSA) is 74.7 Å². The number of ether oxygens (including phenoxy) is 3. The third-order valence-corrected chi connectivity index (χ3v) is 6.09. The van der Waals surface area contributed by atoms with Crippen molar-refractivity contribution in [3.05, 3.63) is 29.8 Å². The van der Waals surface area contributed by atoms with Crippen LogP contribution in [0.4, 0.5) is 0 Å². The number of aliphatic hydroxyl groups is 1. The van der Waals surface area contributed by atoms with Gasteiger partial charge in [0.2, 0.25) is 0 Å². The number of rotatable bonds is 7. The fourth-order valence-corrected chi connectivity index (χ4v) is 4.38. The normalized spacial score (nSPS) is 26.1. The van der Waals surface area contributed by atoms with Gasteiger partial charge in [-0.15, -0.1) is 0 Å². The van der Waals surface area contributed by atoms with Gasteiger partial charge < -0.3 is 24.2 Å². The highest BCUT2D eigenvalue weighted by molar-refractivity contribution is 5.77. The number of nitrogens with zero attached hydrogens (tertiary/aromatic N) is 3. The Balaban J connectivity index is 1.21. The van der Waals surface area contributed by atoms with Gasteiger partial charge in [-0.25, -0.2) is 0 Å². The van der Waals surface area contributed by atoms with Crippen molar-refractivity contribution in [2.45, 2.75) is 18.6 Å². The van der Waals surface area contributed by atoms with E-state index in [4.69, 9.17) is 14.2 Å². The molecule has 166 valence electrons. The number of carbonyl (C=O) groups excluding carboxylic acids is 1. The van der Waals surface area contributed by atoms with Gasteiger partial charge in [-0.2, -0.15) is 0 Å². The van der Waals surface area contributed by atoms with E-state index in [1.165, 1.54) is 5.56 Å². The summed E-state index contributed by atoms with van der Waals surface area (Å²) in [4.78, 5) is 18.6. The van der Waals surface area contributed by atoms with Crippen LogP contribution in [0.2, 0.25) is 0 Å². The molecule has 8 heteroatoms. The lowest BCUT2D eigenvalue weighted by molar-refractivity contribution is -0.137. The van der Waals surface area contributed by atoms with Crippen molar-refractivity contribution in [3.63, 3.8) is 0 Å². The van der Waals surface area contributed by atoms with Crippen molar-refractivity contribution >= 4 is 5.91 Å². The second-order valence-corrected chi connectivity index (χ2v) is 8.50. The van der Waals surface area contributed by atoms with Crippen molar-refractivity contribution in [3.8, 4) is 5.75 Å². The number of hydrogen-bond acceptors (Lipinski definition) is 7. The highest BCUT2D eigenvalue weighted by Gasteiger charge is 2.37. The van der Waals surface area contributed by atoms with E-state index < -0.39 is 5.60 Å². The Morgan fingerprint density at radius 3 is 2.33 bits per heavy atom. The van der Waals surface area contributed by atoms with Gasteiger partial charge in [0.1, 0.15) is 5.75 Å². The first-order valence-corrected chi connectivity index (χ1v) is 10.9. The quantitative estimate of drug-likeness (QED) is 0.676. The molecule has 3 saturated heterocycles. The second kappa shape index (κ2) is 10.1. The van der Waals surface area contributed by atoms with E-state index >= 15 is 0 Å². The van der Waals surface area contributed by atoms with Crippen LogP contribution in [0.1, 0.15) is 12.0 Å². The minimum Gasteiger partial charge on any atom is -0.484 e. The molecule has 3 aliphatic rings. The van der Waals surface area contributed by atoms with Gasteiger partial charge in [-0.1, -0.05) is 12.1 Å². The summed E-state index contributed by atoms with van der Waals surface area (Å²) >= 11 is 0. The Labute approximate surface area is 178 Å². The Morgan fingerprint density at radius 2 is 1.63 bits per heavy atom. The molecule has 3 aliphatic heterocycles. The summed E-state index contributed by atoms with van der Waals surface area (Å²) in [6, 6.07) is 7.90. The van der Waals surface area contributed by atoms with Crippen LogP contribution < -0.4 is 4.74 Å². The van der Waals surface area contributed by atoms with E-state index in [1.807, 2.05) is 24.3 Å².